The van der Waals surface area contributed by atoms with Crippen LogP contribution in [0, 0.1) is 5.82 Å². The van der Waals surface area contributed by atoms with Gasteiger partial charge in [0.15, 0.2) is 0 Å². The zero-order chi connectivity index (χ0) is 20.0. The minimum atomic E-state index is -0.414. The van der Waals surface area contributed by atoms with Gasteiger partial charge in [-0.2, -0.15) is 5.10 Å². The molecule has 2 heterocycles. The van der Waals surface area contributed by atoms with Gasteiger partial charge in [-0.05, 0) is 48.0 Å². The number of halogens is 2. The smallest absolute Gasteiger partial charge is 0.217 e. The van der Waals surface area contributed by atoms with Gasteiger partial charge >= 0.3 is 0 Å². The second kappa shape index (κ2) is 7.19. The first-order valence-electron chi connectivity index (χ1n) is 9.35. The van der Waals surface area contributed by atoms with Gasteiger partial charge in [0, 0.05) is 16.5 Å². The summed E-state index contributed by atoms with van der Waals surface area (Å²) in [6.07, 6.45) is 0.298. The Morgan fingerprint density at radius 1 is 1.07 bits per heavy atom. The Morgan fingerprint density at radius 3 is 2.66 bits per heavy atom. The average Bonchev–Trinajstić information content (AvgIpc) is 3.19. The van der Waals surface area contributed by atoms with Crippen molar-refractivity contribution in [3.8, 4) is 11.5 Å². The topological polar surface area (TPSA) is 34.1 Å². The Balaban J connectivity index is 1.62. The third-order valence-corrected chi connectivity index (χ3v) is 5.83. The second-order valence-electron chi connectivity index (χ2n) is 7.05. The van der Waals surface area contributed by atoms with Crippen molar-refractivity contribution >= 4 is 21.6 Å². The lowest BCUT2D eigenvalue weighted by Gasteiger charge is -2.38. The number of hydrogen-bond acceptors (Lipinski definition) is 4. The number of nitrogens with zero attached hydrogens (tertiary/aromatic N) is 2. The number of benzene rings is 3. The predicted molar refractivity (Wildman–Crippen MR) is 113 cm³/mol. The molecule has 0 amide bonds. The number of rotatable bonds is 3. The zero-order valence-corrected chi connectivity index (χ0v) is 17.3. The molecule has 2 aliphatic rings. The van der Waals surface area contributed by atoms with Gasteiger partial charge in [0.2, 0.25) is 6.23 Å². The molecule has 6 heteroatoms. The van der Waals surface area contributed by atoms with Crippen LogP contribution in [0.3, 0.4) is 0 Å². The van der Waals surface area contributed by atoms with E-state index < -0.39 is 6.23 Å². The lowest BCUT2D eigenvalue weighted by Crippen LogP contribution is -2.34. The van der Waals surface area contributed by atoms with E-state index in [9.17, 15) is 4.39 Å². The highest BCUT2D eigenvalue weighted by Crippen LogP contribution is 2.49. The monoisotopic (exact) mass is 452 g/mol. The Bertz CT molecular complexity index is 1100. The van der Waals surface area contributed by atoms with E-state index >= 15 is 0 Å². The predicted octanol–water partition coefficient (Wildman–Crippen LogP) is 5.84. The normalized spacial score (nSPS) is 19.8. The molecule has 5 rings (SSSR count). The maximum absolute atomic E-state index is 13.4. The Kier molecular flexibility index (Phi) is 4.51. The Morgan fingerprint density at radius 2 is 1.86 bits per heavy atom. The van der Waals surface area contributed by atoms with Crippen molar-refractivity contribution in [1.82, 2.24) is 5.01 Å². The van der Waals surface area contributed by atoms with Crippen LogP contribution in [0.2, 0.25) is 0 Å². The molecule has 3 aromatic carbocycles. The first kappa shape index (κ1) is 18.2. The summed E-state index contributed by atoms with van der Waals surface area (Å²) in [6.45, 7) is 0. The minimum Gasteiger partial charge on any atom is -0.496 e. The van der Waals surface area contributed by atoms with Crippen molar-refractivity contribution in [2.24, 2.45) is 5.10 Å². The summed E-state index contributed by atoms with van der Waals surface area (Å²) in [5.41, 5.74) is 3.81. The van der Waals surface area contributed by atoms with Crippen LogP contribution < -0.4 is 9.47 Å². The first-order chi connectivity index (χ1) is 14.1. The molecule has 2 atom stereocenters. The molecule has 0 fully saturated rings. The van der Waals surface area contributed by atoms with Crippen LogP contribution in [-0.2, 0) is 0 Å². The average molecular weight is 453 g/mol. The van der Waals surface area contributed by atoms with E-state index in [2.05, 4.69) is 22.0 Å². The highest BCUT2D eigenvalue weighted by atomic mass is 79.9. The van der Waals surface area contributed by atoms with E-state index in [0.717, 1.165) is 38.4 Å². The van der Waals surface area contributed by atoms with Crippen molar-refractivity contribution in [2.75, 3.05) is 7.11 Å². The number of hydrogen-bond donors (Lipinski definition) is 0. The van der Waals surface area contributed by atoms with Crippen molar-refractivity contribution in [2.45, 2.75) is 18.7 Å². The SMILES string of the molecule is COc1ccccc1[C@H]1Oc2ccc(Br)cc2[C@@H]2CC(c3ccc(F)cc3)=NN12. The van der Waals surface area contributed by atoms with Gasteiger partial charge in [0.25, 0.3) is 0 Å². The molecule has 29 heavy (non-hydrogen) atoms. The molecule has 3 aromatic rings. The third-order valence-electron chi connectivity index (χ3n) is 5.33. The summed E-state index contributed by atoms with van der Waals surface area (Å²) >= 11 is 3.57. The van der Waals surface area contributed by atoms with Gasteiger partial charge in [-0.15, -0.1) is 0 Å². The molecule has 0 aliphatic carbocycles. The number of methoxy groups -OCH3 is 1. The van der Waals surface area contributed by atoms with E-state index in [0.29, 0.717) is 6.42 Å². The van der Waals surface area contributed by atoms with Crippen molar-refractivity contribution < 1.29 is 13.9 Å². The molecule has 0 spiro atoms. The van der Waals surface area contributed by atoms with E-state index in [4.69, 9.17) is 14.6 Å². The maximum Gasteiger partial charge on any atom is 0.217 e. The summed E-state index contributed by atoms with van der Waals surface area (Å²) in [5, 5.41) is 6.89. The first-order valence-corrected chi connectivity index (χ1v) is 10.1. The van der Waals surface area contributed by atoms with Gasteiger partial charge in [-0.25, -0.2) is 9.40 Å². The van der Waals surface area contributed by atoms with E-state index in [-0.39, 0.29) is 11.9 Å². The largest absolute Gasteiger partial charge is 0.496 e. The van der Waals surface area contributed by atoms with Crippen LogP contribution in [0.4, 0.5) is 4.39 Å². The summed E-state index contributed by atoms with van der Waals surface area (Å²) < 4.78 is 26.3. The fourth-order valence-electron chi connectivity index (χ4n) is 3.95. The lowest BCUT2D eigenvalue weighted by atomic mass is 9.96. The van der Waals surface area contributed by atoms with Gasteiger partial charge in [0.05, 0.1) is 24.4 Å². The quantitative estimate of drug-likeness (QED) is 0.500. The summed E-state index contributed by atoms with van der Waals surface area (Å²) in [7, 11) is 1.65. The lowest BCUT2D eigenvalue weighted by molar-refractivity contribution is -0.0203. The number of fused-ring (bicyclic) bond motifs is 3. The molecule has 2 aliphatic heterocycles. The molecule has 0 saturated carbocycles. The molecule has 4 nitrogen and oxygen atoms in total. The van der Waals surface area contributed by atoms with Crippen LogP contribution in [0.15, 0.2) is 76.3 Å². The van der Waals surface area contributed by atoms with E-state index in [1.54, 1.807) is 19.2 Å². The van der Waals surface area contributed by atoms with Crippen LogP contribution in [0.5, 0.6) is 11.5 Å². The fraction of sp³-hybridized carbons (Fsp3) is 0.174. The molecule has 0 bridgehead atoms. The third kappa shape index (κ3) is 3.17. The highest BCUT2D eigenvalue weighted by Gasteiger charge is 2.42. The standard InChI is InChI=1S/C23H18BrFN2O2/c1-28-21-5-3-2-4-17(21)23-27-20(18-12-15(24)8-11-22(18)29-23)13-19(26-27)14-6-9-16(25)10-7-14/h2-12,20,23H,13H2,1H3/t20-,23+/m0/s1. The van der Waals surface area contributed by atoms with Crippen LogP contribution in [0.1, 0.15) is 35.4 Å². The number of ether oxygens (including phenoxy) is 2. The molecular weight excluding hydrogens is 435 g/mol. The molecule has 0 N–H and O–H groups in total. The Hall–Kier alpha value is -2.86. The molecule has 0 radical (unpaired) electrons. The highest BCUT2D eigenvalue weighted by molar-refractivity contribution is 9.10. The number of para-hydroxylation sites is 1. The minimum absolute atomic E-state index is 0.0196. The van der Waals surface area contributed by atoms with Gasteiger partial charge in [-0.1, -0.05) is 40.2 Å². The van der Waals surface area contributed by atoms with Gasteiger partial charge in [-0.3, -0.25) is 0 Å². The van der Waals surface area contributed by atoms with Crippen LogP contribution >= 0.6 is 15.9 Å². The number of hydrazone groups is 1. The second-order valence-corrected chi connectivity index (χ2v) is 7.96. The van der Waals surface area contributed by atoms with Crippen LogP contribution in [0.25, 0.3) is 0 Å². The summed E-state index contributed by atoms with van der Waals surface area (Å²) in [4.78, 5) is 0. The van der Waals surface area contributed by atoms with Crippen molar-refractivity contribution in [3.63, 3.8) is 0 Å². The molecule has 0 saturated heterocycles. The Labute approximate surface area is 176 Å². The van der Waals surface area contributed by atoms with E-state index in [1.807, 2.05) is 41.4 Å². The molecular formula is C23H18BrFN2O2. The van der Waals surface area contributed by atoms with Crippen molar-refractivity contribution in [3.05, 3.63) is 93.7 Å². The van der Waals surface area contributed by atoms with E-state index in [1.165, 1.54) is 12.1 Å². The summed E-state index contributed by atoms with van der Waals surface area (Å²) in [6, 6.07) is 20.3. The fourth-order valence-corrected chi connectivity index (χ4v) is 4.33. The molecule has 146 valence electrons. The zero-order valence-electron chi connectivity index (χ0n) is 15.7. The maximum atomic E-state index is 13.4. The molecule has 0 aromatic heterocycles. The van der Waals surface area contributed by atoms with Crippen molar-refractivity contribution in [1.29, 1.82) is 0 Å². The molecule has 0 unspecified atom stereocenters. The summed E-state index contributed by atoms with van der Waals surface area (Å²) in [5.74, 6) is 1.33. The van der Waals surface area contributed by atoms with Gasteiger partial charge in [0.1, 0.15) is 17.3 Å². The van der Waals surface area contributed by atoms with Gasteiger partial charge < -0.3 is 9.47 Å². The van der Waals surface area contributed by atoms with Crippen LogP contribution in [-0.4, -0.2) is 17.8 Å².